The smallest absolute Gasteiger partial charge is 0.332 e. The number of hydrogen-bond donors (Lipinski definition) is 2. The normalized spacial score (nSPS) is 19.0. The number of aliphatic hydroxyl groups is 1. The molecule has 0 radical (unpaired) electrons. The van der Waals surface area contributed by atoms with Crippen molar-refractivity contribution >= 4 is 40.3 Å². The molecule has 0 saturated heterocycles. The predicted molar refractivity (Wildman–Crippen MR) is 118 cm³/mol. The maximum atomic E-state index is 13.2. The molecule has 10 heteroatoms. The summed E-state index contributed by atoms with van der Waals surface area (Å²) in [6.07, 6.45) is 2.72. The Morgan fingerprint density at radius 2 is 1.93 bits per heavy atom. The molecule has 2 N–H and O–H groups in total. The maximum absolute atomic E-state index is 13.2. The minimum absolute atomic E-state index is 0.0765. The van der Waals surface area contributed by atoms with Crippen LogP contribution < -0.4 is 16.6 Å². The molecule has 2 heterocycles. The average Bonchev–Trinajstić information content (AvgIpc) is 3.31. The van der Waals surface area contributed by atoms with E-state index in [1.165, 1.54) is 9.13 Å². The molecular weight excluding hydrogens is 429 g/mol. The third-order valence-corrected chi connectivity index (χ3v) is 6.56. The van der Waals surface area contributed by atoms with E-state index in [0.29, 0.717) is 32.7 Å². The first-order chi connectivity index (χ1) is 14.3. The Morgan fingerprint density at radius 3 is 2.60 bits per heavy atom. The fourth-order valence-corrected chi connectivity index (χ4v) is 4.41. The summed E-state index contributed by atoms with van der Waals surface area (Å²) < 4.78 is 4.24. The molecule has 0 spiro atoms. The molecule has 4 rings (SSSR count). The van der Waals surface area contributed by atoms with Crippen molar-refractivity contribution in [1.29, 1.82) is 0 Å². The van der Waals surface area contributed by atoms with Crippen molar-refractivity contribution < 1.29 is 5.11 Å². The van der Waals surface area contributed by atoms with Gasteiger partial charge in [-0.05, 0) is 42.9 Å². The Hall–Kier alpha value is -2.29. The summed E-state index contributed by atoms with van der Waals surface area (Å²) in [7, 11) is 3.36. The zero-order chi connectivity index (χ0) is 21.6. The van der Waals surface area contributed by atoms with Gasteiger partial charge in [0.25, 0.3) is 5.56 Å². The molecule has 8 nitrogen and oxygen atoms in total. The molecule has 1 saturated carbocycles. The van der Waals surface area contributed by atoms with Gasteiger partial charge in [-0.15, -0.1) is 0 Å². The number of aliphatic hydroxyl groups excluding tert-OH is 1. The van der Waals surface area contributed by atoms with E-state index in [0.717, 1.165) is 19.3 Å². The van der Waals surface area contributed by atoms with Crippen LogP contribution in [0.4, 0.5) is 5.95 Å². The van der Waals surface area contributed by atoms with Gasteiger partial charge in [0.05, 0.1) is 16.6 Å². The van der Waals surface area contributed by atoms with Crippen molar-refractivity contribution in [1.82, 2.24) is 18.7 Å². The quantitative estimate of drug-likeness (QED) is 0.620. The van der Waals surface area contributed by atoms with Crippen LogP contribution in [0.15, 0.2) is 27.8 Å². The summed E-state index contributed by atoms with van der Waals surface area (Å²) >= 11 is 12.0. The van der Waals surface area contributed by atoms with E-state index >= 15 is 0 Å². The van der Waals surface area contributed by atoms with Gasteiger partial charge in [0.2, 0.25) is 5.95 Å². The van der Waals surface area contributed by atoms with E-state index in [-0.39, 0.29) is 25.1 Å². The van der Waals surface area contributed by atoms with Crippen molar-refractivity contribution in [2.24, 2.45) is 20.0 Å². The highest BCUT2D eigenvalue weighted by Gasteiger charge is 2.26. The number of rotatable bonds is 5. The van der Waals surface area contributed by atoms with Gasteiger partial charge < -0.3 is 15.0 Å². The van der Waals surface area contributed by atoms with Crippen LogP contribution >= 0.6 is 23.2 Å². The predicted octanol–water partition coefficient (Wildman–Crippen LogP) is 2.36. The van der Waals surface area contributed by atoms with Crippen LogP contribution in [0.2, 0.25) is 10.0 Å². The van der Waals surface area contributed by atoms with Gasteiger partial charge in [0.1, 0.15) is 0 Å². The number of nitrogens with one attached hydrogen (secondary N) is 1. The van der Waals surface area contributed by atoms with Gasteiger partial charge in [0, 0.05) is 26.7 Å². The zero-order valence-electron chi connectivity index (χ0n) is 16.7. The van der Waals surface area contributed by atoms with Gasteiger partial charge >= 0.3 is 5.69 Å². The lowest BCUT2D eigenvalue weighted by molar-refractivity contribution is 0.229. The second kappa shape index (κ2) is 8.09. The van der Waals surface area contributed by atoms with E-state index in [1.54, 1.807) is 36.9 Å². The second-order valence-electron chi connectivity index (χ2n) is 7.85. The van der Waals surface area contributed by atoms with Gasteiger partial charge in [-0.25, -0.2) is 4.79 Å². The number of aryl methyl sites for hydroxylation is 2. The standard InChI is InChI=1S/C20H23Cl2N5O3/c1-25-16-17(24-19(25)23-13-5-3-12(7-13)10-28)26(2)20(30)27(18(16)29)9-11-4-6-14(21)15(22)8-11/h4,6,8,12-13,28H,3,5,7,9-10H2,1-2H3,(H,23,24)/t12-,13+/m1/s1. The van der Waals surface area contributed by atoms with Gasteiger partial charge in [-0.3, -0.25) is 13.9 Å². The molecule has 2 aromatic heterocycles. The van der Waals surface area contributed by atoms with Gasteiger partial charge in [-0.1, -0.05) is 29.3 Å². The van der Waals surface area contributed by atoms with Gasteiger partial charge in [0.15, 0.2) is 11.2 Å². The Balaban J connectivity index is 1.75. The Labute approximate surface area is 182 Å². The highest BCUT2D eigenvalue weighted by molar-refractivity contribution is 6.42. The van der Waals surface area contributed by atoms with E-state index < -0.39 is 11.2 Å². The topological polar surface area (TPSA) is 94.1 Å². The molecule has 0 unspecified atom stereocenters. The molecule has 1 aliphatic carbocycles. The number of imidazole rings is 1. The number of nitrogens with zero attached hydrogens (tertiary/aromatic N) is 4. The van der Waals surface area contributed by atoms with Crippen molar-refractivity contribution in [2.75, 3.05) is 11.9 Å². The number of aromatic nitrogens is 4. The van der Waals surface area contributed by atoms with Crippen molar-refractivity contribution in [3.63, 3.8) is 0 Å². The monoisotopic (exact) mass is 451 g/mol. The van der Waals surface area contributed by atoms with Crippen LogP contribution in [0.3, 0.4) is 0 Å². The molecule has 3 aromatic rings. The van der Waals surface area contributed by atoms with Crippen molar-refractivity contribution in [3.8, 4) is 0 Å². The Bertz CT molecular complexity index is 1230. The molecule has 1 fully saturated rings. The van der Waals surface area contributed by atoms with E-state index in [9.17, 15) is 14.7 Å². The lowest BCUT2D eigenvalue weighted by Crippen LogP contribution is -2.39. The molecular formula is C20H23Cl2N5O3. The first kappa shape index (κ1) is 21.0. The van der Waals surface area contributed by atoms with Crippen LogP contribution in [-0.4, -0.2) is 36.4 Å². The lowest BCUT2D eigenvalue weighted by Gasteiger charge is -2.13. The third kappa shape index (κ3) is 3.64. The van der Waals surface area contributed by atoms with Crippen LogP contribution in [0.1, 0.15) is 24.8 Å². The van der Waals surface area contributed by atoms with Crippen LogP contribution in [0.5, 0.6) is 0 Å². The summed E-state index contributed by atoms with van der Waals surface area (Å²) in [6.45, 7) is 0.252. The maximum Gasteiger partial charge on any atom is 0.332 e. The van der Waals surface area contributed by atoms with E-state index in [2.05, 4.69) is 10.3 Å². The third-order valence-electron chi connectivity index (χ3n) is 5.82. The first-order valence-corrected chi connectivity index (χ1v) is 10.5. The molecule has 2 atom stereocenters. The zero-order valence-corrected chi connectivity index (χ0v) is 18.2. The summed E-state index contributed by atoms with van der Waals surface area (Å²) in [4.78, 5) is 30.6. The van der Waals surface area contributed by atoms with Crippen LogP contribution in [0.25, 0.3) is 11.2 Å². The number of halogens is 2. The lowest BCUT2D eigenvalue weighted by atomic mass is 10.1. The van der Waals surface area contributed by atoms with E-state index in [1.807, 2.05) is 0 Å². The van der Waals surface area contributed by atoms with Crippen molar-refractivity contribution in [3.05, 3.63) is 54.6 Å². The minimum Gasteiger partial charge on any atom is -0.396 e. The number of anilines is 1. The fourth-order valence-electron chi connectivity index (χ4n) is 4.09. The van der Waals surface area contributed by atoms with E-state index in [4.69, 9.17) is 23.2 Å². The van der Waals surface area contributed by atoms with Gasteiger partial charge in [-0.2, -0.15) is 4.98 Å². The summed E-state index contributed by atoms with van der Waals surface area (Å²) in [5.74, 6) is 0.818. The first-order valence-electron chi connectivity index (χ1n) is 9.77. The summed E-state index contributed by atoms with van der Waals surface area (Å²) in [5.41, 5.74) is 0.504. The Kier molecular flexibility index (Phi) is 5.65. The fraction of sp³-hybridized carbons (Fsp3) is 0.450. The number of benzene rings is 1. The number of hydrogen-bond acceptors (Lipinski definition) is 5. The van der Waals surface area contributed by atoms with Crippen LogP contribution in [0, 0.1) is 5.92 Å². The molecule has 30 heavy (non-hydrogen) atoms. The minimum atomic E-state index is -0.454. The Morgan fingerprint density at radius 1 is 1.17 bits per heavy atom. The highest BCUT2D eigenvalue weighted by atomic mass is 35.5. The SMILES string of the molecule is Cn1c(N[C@H]2CC[C@@H](CO)C2)nc2c1c(=O)n(Cc1ccc(Cl)c(Cl)c1)c(=O)n2C. The molecule has 0 bridgehead atoms. The molecule has 0 aliphatic heterocycles. The molecule has 1 aliphatic rings. The number of fused-ring (bicyclic) bond motifs is 1. The average molecular weight is 452 g/mol. The largest absolute Gasteiger partial charge is 0.396 e. The second-order valence-corrected chi connectivity index (χ2v) is 8.67. The van der Waals surface area contributed by atoms with Crippen molar-refractivity contribution in [2.45, 2.75) is 31.8 Å². The van der Waals surface area contributed by atoms with Crippen LogP contribution in [-0.2, 0) is 20.6 Å². The molecule has 0 amide bonds. The summed E-state index contributed by atoms with van der Waals surface area (Å²) in [6, 6.07) is 5.19. The molecule has 1 aromatic carbocycles. The summed E-state index contributed by atoms with van der Waals surface area (Å²) in [5, 5.41) is 13.5. The highest BCUT2D eigenvalue weighted by Crippen LogP contribution is 2.28. The molecule has 160 valence electrons.